The van der Waals surface area contributed by atoms with E-state index in [1.807, 2.05) is 0 Å². The van der Waals surface area contributed by atoms with Crippen LogP contribution >= 0.6 is 11.6 Å². The van der Waals surface area contributed by atoms with Crippen molar-refractivity contribution in [3.63, 3.8) is 0 Å². The fourth-order valence-electron chi connectivity index (χ4n) is 1.76. The van der Waals surface area contributed by atoms with Crippen molar-refractivity contribution < 1.29 is 22.7 Å². The van der Waals surface area contributed by atoms with E-state index in [9.17, 15) is 18.0 Å². The Morgan fingerprint density at radius 1 is 1.32 bits per heavy atom. The van der Waals surface area contributed by atoms with Crippen molar-refractivity contribution in [1.29, 1.82) is 0 Å². The molecule has 0 bridgehead atoms. The van der Waals surface area contributed by atoms with Crippen LogP contribution in [0, 0.1) is 5.82 Å². The molecule has 0 N–H and O–H groups in total. The van der Waals surface area contributed by atoms with Crippen molar-refractivity contribution in [3.8, 4) is 5.75 Å². The maximum atomic E-state index is 13.9. The monoisotopic (exact) mass is 330 g/mol. The van der Waals surface area contributed by atoms with E-state index in [-0.39, 0.29) is 5.69 Å². The first-order chi connectivity index (χ1) is 10.5. The quantitative estimate of drug-likeness (QED) is 0.628. The number of hydrogen-bond donors (Lipinski definition) is 0. The number of halogens is 4. The molecule has 1 aromatic heterocycles. The van der Waals surface area contributed by atoms with Crippen LogP contribution in [0.4, 0.5) is 13.2 Å². The third-order valence-electron chi connectivity index (χ3n) is 2.81. The zero-order chi connectivity index (χ0) is 16.3. The van der Waals surface area contributed by atoms with Gasteiger partial charge < -0.3 is 4.74 Å². The van der Waals surface area contributed by atoms with Gasteiger partial charge >= 0.3 is 5.97 Å². The van der Waals surface area contributed by atoms with Crippen molar-refractivity contribution in [1.82, 2.24) is 9.97 Å². The van der Waals surface area contributed by atoms with Gasteiger partial charge in [-0.25, -0.2) is 22.9 Å². The van der Waals surface area contributed by atoms with Gasteiger partial charge in [0.1, 0.15) is 0 Å². The van der Waals surface area contributed by atoms with E-state index in [0.717, 1.165) is 12.1 Å². The Balaban J connectivity index is 2.42. The molecule has 0 unspecified atom stereocenters. The lowest BCUT2D eigenvalue weighted by molar-refractivity contribution is 0.0707. The first-order valence-corrected chi connectivity index (χ1v) is 6.61. The fraction of sp³-hybridized carbons (Fsp3) is 0.214. The zero-order valence-corrected chi connectivity index (χ0v) is 12.1. The molecule has 0 aliphatic carbocycles. The molecule has 0 radical (unpaired) electrons. The van der Waals surface area contributed by atoms with Crippen LogP contribution in [-0.4, -0.2) is 15.9 Å². The molecule has 4 nitrogen and oxygen atoms in total. The average molecular weight is 331 g/mol. The predicted molar refractivity (Wildman–Crippen MR) is 72.7 cm³/mol. The summed E-state index contributed by atoms with van der Waals surface area (Å²) in [5.41, 5.74) is -0.615. The number of benzene rings is 1. The number of nitrogens with zero attached hydrogens (tertiary/aromatic N) is 2. The number of aromatic nitrogens is 2. The van der Waals surface area contributed by atoms with Gasteiger partial charge in [-0.05, 0) is 18.6 Å². The van der Waals surface area contributed by atoms with Crippen LogP contribution in [-0.2, 0) is 6.42 Å². The lowest BCUT2D eigenvalue weighted by Gasteiger charge is -2.12. The summed E-state index contributed by atoms with van der Waals surface area (Å²) < 4.78 is 44.5. The minimum absolute atomic E-state index is 0.162. The zero-order valence-electron chi connectivity index (χ0n) is 11.3. The highest BCUT2D eigenvalue weighted by Gasteiger charge is 2.25. The Kier molecular flexibility index (Phi) is 4.97. The number of esters is 1. The minimum Gasteiger partial charge on any atom is -0.418 e. The molecule has 0 spiro atoms. The molecular formula is C14H10ClF3N2O2. The molecule has 0 saturated heterocycles. The maximum absolute atomic E-state index is 13.9. The lowest BCUT2D eigenvalue weighted by atomic mass is 10.2. The van der Waals surface area contributed by atoms with E-state index in [1.165, 1.54) is 12.4 Å². The molecule has 0 atom stereocenters. The first-order valence-electron chi connectivity index (χ1n) is 6.23. The molecule has 0 aliphatic rings. The van der Waals surface area contributed by atoms with E-state index in [4.69, 9.17) is 16.3 Å². The molecule has 116 valence electrons. The molecule has 0 saturated carbocycles. The number of hydrogen-bond acceptors (Lipinski definition) is 4. The molecule has 0 aliphatic heterocycles. The largest absolute Gasteiger partial charge is 0.418 e. The number of carbonyl (C=O) groups excluding carboxylic acids is 1. The molecule has 1 aromatic carbocycles. The van der Waals surface area contributed by atoms with Crippen LogP contribution in [0.15, 0.2) is 24.5 Å². The summed E-state index contributed by atoms with van der Waals surface area (Å²) in [5.74, 6) is -3.21. The van der Waals surface area contributed by atoms with Gasteiger partial charge in [0.05, 0.1) is 16.3 Å². The Morgan fingerprint density at radius 3 is 2.64 bits per heavy atom. The van der Waals surface area contributed by atoms with Crippen LogP contribution in [0.5, 0.6) is 5.75 Å². The van der Waals surface area contributed by atoms with Crippen LogP contribution < -0.4 is 4.74 Å². The van der Waals surface area contributed by atoms with Gasteiger partial charge in [-0.3, -0.25) is 4.98 Å². The Bertz CT molecular complexity index is 710. The molecule has 2 rings (SSSR count). The summed E-state index contributed by atoms with van der Waals surface area (Å²) in [6, 6.07) is 1.87. The third-order valence-corrected chi connectivity index (χ3v) is 3.10. The summed E-state index contributed by atoms with van der Waals surface area (Å²) in [6.07, 6.45) is -0.0296. The summed E-state index contributed by atoms with van der Waals surface area (Å²) in [5, 5.41) is -0.429. The van der Waals surface area contributed by atoms with E-state index in [2.05, 4.69) is 9.97 Å². The van der Waals surface area contributed by atoms with E-state index in [1.54, 1.807) is 6.92 Å². The second-order valence-electron chi connectivity index (χ2n) is 4.18. The maximum Gasteiger partial charge on any atom is 0.364 e. The van der Waals surface area contributed by atoms with Gasteiger partial charge in [-0.1, -0.05) is 18.5 Å². The van der Waals surface area contributed by atoms with Gasteiger partial charge in [0.15, 0.2) is 17.3 Å². The Morgan fingerprint density at radius 2 is 2.00 bits per heavy atom. The summed E-state index contributed by atoms with van der Waals surface area (Å²) in [7, 11) is 0. The molecule has 1 heterocycles. The standard InChI is InChI=1S/C14H10ClF3N2O2/c1-2-9-11(20-6-5-19-9)14(21)22-12-7(13(17)18)3-4-8(15)10(12)16/h3-6,13H,2H2,1H3. The number of aryl methyl sites for hydroxylation is 1. The fourth-order valence-corrected chi connectivity index (χ4v) is 1.91. The first kappa shape index (κ1) is 16.2. The topological polar surface area (TPSA) is 52.1 Å². The van der Waals surface area contributed by atoms with Crippen molar-refractivity contribution >= 4 is 17.6 Å². The van der Waals surface area contributed by atoms with Crippen LogP contribution in [0.2, 0.25) is 5.02 Å². The molecule has 2 aromatic rings. The SMILES string of the molecule is CCc1nccnc1C(=O)Oc1c(C(F)F)ccc(Cl)c1F. The van der Waals surface area contributed by atoms with E-state index < -0.39 is 34.5 Å². The summed E-state index contributed by atoms with van der Waals surface area (Å²) >= 11 is 5.54. The molecule has 22 heavy (non-hydrogen) atoms. The molecule has 8 heteroatoms. The van der Waals surface area contributed by atoms with Gasteiger partial charge in [0.25, 0.3) is 6.43 Å². The number of ether oxygens (including phenoxy) is 1. The van der Waals surface area contributed by atoms with Crippen LogP contribution in [0.3, 0.4) is 0 Å². The van der Waals surface area contributed by atoms with E-state index >= 15 is 0 Å². The highest BCUT2D eigenvalue weighted by atomic mass is 35.5. The van der Waals surface area contributed by atoms with Crippen LogP contribution in [0.25, 0.3) is 0 Å². The molecule has 0 amide bonds. The normalized spacial score (nSPS) is 10.8. The lowest BCUT2D eigenvalue weighted by Crippen LogP contribution is -2.16. The smallest absolute Gasteiger partial charge is 0.364 e. The Hall–Kier alpha value is -2.15. The Labute approximate surface area is 128 Å². The third kappa shape index (κ3) is 3.19. The van der Waals surface area contributed by atoms with E-state index in [0.29, 0.717) is 12.1 Å². The summed E-state index contributed by atoms with van der Waals surface area (Å²) in [4.78, 5) is 19.8. The highest BCUT2D eigenvalue weighted by Crippen LogP contribution is 2.35. The van der Waals surface area contributed by atoms with Crippen molar-refractivity contribution in [2.75, 3.05) is 0 Å². The van der Waals surface area contributed by atoms with Gasteiger partial charge in [-0.2, -0.15) is 0 Å². The molecule has 0 fully saturated rings. The second kappa shape index (κ2) is 6.74. The van der Waals surface area contributed by atoms with Crippen molar-refractivity contribution in [3.05, 3.63) is 52.3 Å². The van der Waals surface area contributed by atoms with Crippen molar-refractivity contribution in [2.45, 2.75) is 19.8 Å². The number of rotatable bonds is 4. The van der Waals surface area contributed by atoms with Gasteiger partial charge in [-0.15, -0.1) is 0 Å². The molecular weight excluding hydrogens is 321 g/mol. The highest BCUT2D eigenvalue weighted by molar-refractivity contribution is 6.30. The van der Waals surface area contributed by atoms with Crippen molar-refractivity contribution in [2.24, 2.45) is 0 Å². The minimum atomic E-state index is -3.03. The second-order valence-corrected chi connectivity index (χ2v) is 4.58. The van der Waals surface area contributed by atoms with Gasteiger partial charge in [0, 0.05) is 12.4 Å². The van der Waals surface area contributed by atoms with Gasteiger partial charge in [0.2, 0.25) is 0 Å². The van der Waals surface area contributed by atoms with Crippen LogP contribution in [0.1, 0.15) is 35.1 Å². The predicted octanol–water partition coefficient (Wildman–Crippen LogP) is 3.99. The number of alkyl halides is 2. The number of carbonyl (C=O) groups is 1. The summed E-state index contributed by atoms with van der Waals surface area (Å²) in [6.45, 7) is 1.73. The average Bonchev–Trinajstić information content (AvgIpc) is 2.51.